The second-order valence-electron chi connectivity index (χ2n) is 2.93. The van der Waals surface area contributed by atoms with E-state index in [4.69, 9.17) is 0 Å². The number of aromatic nitrogens is 2. The summed E-state index contributed by atoms with van der Waals surface area (Å²) in [6.07, 6.45) is 1.78. The van der Waals surface area contributed by atoms with Crippen LogP contribution in [0.4, 0.5) is 5.69 Å². The smallest absolute Gasteiger partial charge is 0.112 e. The summed E-state index contributed by atoms with van der Waals surface area (Å²) in [5.41, 5.74) is 3.90. The fourth-order valence-corrected chi connectivity index (χ4v) is 1.38. The van der Waals surface area contributed by atoms with Crippen LogP contribution in [0.2, 0.25) is 0 Å². The normalized spacial score (nSPS) is 10.3. The Labute approximate surface area is 76.8 Å². The van der Waals surface area contributed by atoms with E-state index in [-0.39, 0.29) is 0 Å². The van der Waals surface area contributed by atoms with Crippen LogP contribution in [0, 0.1) is 6.92 Å². The average Bonchev–Trinajstić information content (AvgIpc) is 2.16. The number of hydrogen-bond acceptors (Lipinski definition) is 3. The molecule has 0 aliphatic rings. The topological polar surface area (TPSA) is 37.8 Å². The number of rotatable bonds is 1. The minimum atomic E-state index is 0.926. The quantitative estimate of drug-likeness (QED) is 0.716. The van der Waals surface area contributed by atoms with Gasteiger partial charge in [0.2, 0.25) is 0 Å². The number of pyridine rings is 2. The molecule has 2 rings (SSSR count). The Bertz CT molecular complexity index is 437. The van der Waals surface area contributed by atoms with Crippen LogP contribution in [-0.2, 0) is 0 Å². The third-order valence-electron chi connectivity index (χ3n) is 1.96. The molecule has 2 aromatic heterocycles. The summed E-state index contributed by atoms with van der Waals surface area (Å²) in [6.45, 7) is 1.98. The standard InChI is InChI=1S/C10H11N3/c1-7-6-9(11-2)10-8(13-7)4-3-5-12-10/h3-6H,1-2H3,(H,11,13). The zero-order chi connectivity index (χ0) is 9.26. The Balaban J connectivity index is 2.81. The lowest BCUT2D eigenvalue weighted by Gasteiger charge is -2.04. The van der Waals surface area contributed by atoms with Gasteiger partial charge in [-0.1, -0.05) is 0 Å². The molecule has 0 saturated carbocycles. The van der Waals surface area contributed by atoms with Crippen molar-refractivity contribution in [2.75, 3.05) is 12.4 Å². The first-order valence-electron chi connectivity index (χ1n) is 4.21. The maximum Gasteiger partial charge on any atom is 0.112 e. The van der Waals surface area contributed by atoms with Gasteiger partial charge in [-0.2, -0.15) is 0 Å². The third kappa shape index (κ3) is 1.33. The van der Waals surface area contributed by atoms with Gasteiger partial charge in [0.25, 0.3) is 0 Å². The van der Waals surface area contributed by atoms with Crippen LogP contribution < -0.4 is 5.32 Å². The molecule has 3 heteroatoms. The maximum absolute atomic E-state index is 4.38. The van der Waals surface area contributed by atoms with Crippen molar-refractivity contribution >= 4 is 16.7 Å². The number of anilines is 1. The molecule has 0 fully saturated rings. The maximum atomic E-state index is 4.38. The molecule has 0 amide bonds. The number of nitrogens with one attached hydrogen (secondary N) is 1. The zero-order valence-corrected chi connectivity index (χ0v) is 7.70. The molecule has 2 aromatic rings. The fourth-order valence-electron chi connectivity index (χ4n) is 1.38. The minimum absolute atomic E-state index is 0.926. The van der Waals surface area contributed by atoms with Crippen molar-refractivity contribution < 1.29 is 0 Å². The van der Waals surface area contributed by atoms with E-state index in [1.807, 2.05) is 32.2 Å². The van der Waals surface area contributed by atoms with Gasteiger partial charge >= 0.3 is 0 Å². The van der Waals surface area contributed by atoms with E-state index in [0.717, 1.165) is 22.4 Å². The molecule has 0 saturated heterocycles. The summed E-state index contributed by atoms with van der Waals surface area (Å²) < 4.78 is 0. The SMILES string of the molecule is CNc1cc(C)nc2cccnc12. The highest BCUT2D eigenvalue weighted by atomic mass is 14.9. The van der Waals surface area contributed by atoms with E-state index in [0.29, 0.717) is 0 Å². The summed E-state index contributed by atoms with van der Waals surface area (Å²) in [5, 5.41) is 3.11. The predicted molar refractivity (Wildman–Crippen MR) is 53.8 cm³/mol. The molecule has 0 unspecified atom stereocenters. The van der Waals surface area contributed by atoms with Crippen LogP contribution >= 0.6 is 0 Å². The Morgan fingerprint density at radius 2 is 2.23 bits per heavy atom. The van der Waals surface area contributed by atoms with Crippen molar-refractivity contribution in [2.45, 2.75) is 6.92 Å². The first-order chi connectivity index (χ1) is 6.31. The predicted octanol–water partition coefficient (Wildman–Crippen LogP) is 1.98. The van der Waals surface area contributed by atoms with Gasteiger partial charge in [0.15, 0.2) is 0 Å². The van der Waals surface area contributed by atoms with E-state index < -0.39 is 0 Å². The summed E-state index contributed by atoms with van der Waals surface area (Å²) in [4.78, 5) is 8.65. The second-order valence-corrected chi connectivity index (χ2v) is 2.93. The Morgan fingerprint density at radius 1 is 1.38 bits per heavy atom. The molecular formula is C10H11N3. The Morgan fingerprint density at radius 3 is 3.00 bits per heavy atom. The summed E-state index contributed by atoms with van der Waals surface area (Å²) in [7, 11) is 1.89. The van der Waals surface area contributed by atoms with E-state index in [1.165, 1.54) is 0 Å². The van der Waals surface area contributed by atoms with Crippen molar-refractivity contribution in [1.82, 2.24) is 9.97 Å². The first-order valence-corrected chi connectivity index (χ1v) is 4.21. The van der Waals surface area contributed by atoms with Crippen LogP contribution in [-0.4, -0.2) is 17.0 Å². The molecular weight excluding hydrogens is 162 g/mol. The van der Waals surface area contributed by atoms with Gasteiger partial charge in [0, 0.05) is 18.9 Å². The number of hydrogen-bond donors (Lipinski definition) is 1. The van der Waals surface area contributed by atoms with Gasteiger partial charge in [-0.3, -0.25) is 9.97 Å². The van der Waals surface area contributed by atoms with Gasteiger partial charge in [-0.05, 0) is 25.1 Å². The molecule has 66 valence electrons. The third-order valence-corrected chi connectivity index (χ3v) is 1.96. The lowest BCUT2D eigenvalue weighted by Crippen LogP contribution is -1.94. The molecule has 3 nitrogen and oxygen atoms in total. The number of aryl methyl sites for hydroxylation is 1. The van der Waals surface area contributed by atoms with Crippen LogP contribution in [0.15, 0.2) is 24.4 Å². The van der Waals surface area contributed by atoms with Crippen LogP contribution in [0.3, 0.4) is 0 Å². The molecule has 1 N–H and O–H groups in total. The molecule has 0 aliphatic heterocycles. The minimum Gasteiger partial charge on any atom is -0.386 e. The number of fused-ring (bicyclic) bond motifs is 1. The molecule has 2 heterocycles. The Hall–Kier alpha value is -1.64. The van der Waals surface area contributed by atoms with Crippen LogP contribution in [0.5, 0.6) is 0 Å². The average molecular weight is 173 g/mol. The van der Waals surface area contributed by atoms with E-state index >= 15 is 0 Å². The highest BCUT2D eigenvalue weighted by Crippen LogP contribution is 2.19. The fraction of sp³-hybridized carbons (Fsp3) is 0.200. The molecule has 0 aliphatic carbocycles. The number of nitrogens with zero attached hydrogens (tertiary/aromatic N) is 2. The lowest BCUT2D eigenvalue weighted by atomic mass is 10.2. The van der Waals surface area contributed by atoms with Crippen molar-refractivity contribution in [2.24, 2.45) is 0 Å². The molecule has 0 radical (unpaired) electrons. The van der Waals surface area contributed by atoms with Gasteiger partial charge in [-0.25, -0.2) is 0 Å². The highest BCUT2D eigenvalue weighted by Gasteiger charge is 2.01. The van der Waals surface area contributed by atoms with Crippen LogP contribution in [0.1, 0.15) is 5.69 Å². The van der Waals surface area contributed by atoms with E-state index in [9.17, 15) is 0 Å². The van der Waals surface area contributed by atoms with Crippen molar-refractivity contribution in [3.8, 4) is 0 Å². The molecule has 0 bridgehead atoms. The summed E-state index contributed by atoms with van der Waals surface area (Å²) in [5.74, 6) is 0. The van der Waals surface area contributed by atoms with E-state index in [1.54, 1.807) is 6.20 Å². The molecule has 0 spiro atoms. The monoisotopic (exact) mass is 173 g/mol. The first kappa shape index (κ1) is 7.98. The molecule has 13 heavy (non-hydrogen) atoms. The van der Waals surface area contributed by atoms with Crippen molar-refractivity contribution in [3.63, 3.8) is 0 Å². The van der Waals surface area contributed by atoms with Gasteiger partial charge in [-0.15, -0.1) is 0 Å². The lowest BCUT2D eigenvalue weighted by molar-refractivity contribution is 1.23. The molecule has 0 aromatic carbocycles. The van der Waals surface area contributed by atoms with E-state index in [2.05, 4.69) is 15.3 Å². The highest BCUT2D eigenvalue weighted by molar-refractivity contribution is 5.87. The largest absolute Gasteiger partial charge is 0.386 e. The van der Waals surface area contributed by atoms with Crippen molar-refractivity contribution in [1.29, 1.82) is 0 Å². The van der Waals surface area contributed by atoms with Gasteiger partial charge in [0.1, 0.15) is 5.52 Å². The van der Waals surface area contributed by atoms with Gasteiger partial charge < -0.3 is 5.32 Å². The summed E-state index contributed by atoms with van der Waals surface area (Å²) >= 11 is 0. The zero-order valence-electron chi connectivity index (χ0n) is 7.70. The second kappa shape index (κ2) is 3.01. The van der Waals surface area contributed by atoms with Crippen LogP contribution in [0.25, 0.3) is 11.0 Å². The van der Waals surface area contributed by atoms with Crippen molar-refractivity contribution in [3.05, 3.63) is 30.1 Å². The molecule has 0 atom stereocenters. The van der Waals surface area contributed by atoms with Gasteiger partial charge in [0.05, 0.1) is 11.2 Å². The summed E-state index contributed by atoms with van der Waals surface area (Å²) in [6, 6.07) is 5.86. The Kier molecular flexibility index (Phi) is 1.85.